The Morgan fingerprint density at radius 3 is 1.15 bits per heavy atom. The van der Waals surface area contributed by atoms with Gasteiger partial charge in [-0.1, -0.05) is 185 Å². The second-order valence-corrected chi connectivity index (χ2v) is 14.6. The smallest absolute Gasteiger partial charge is 0.306 e. The molecule has 0 fully saturated rings. The summed E-state index contributed by atoms with van der Waals surface area (Å²) >= 11 is 0. The van der Waals surface area contributed by atoms with Crippen molar-refractivity contribution in [3.05, 3.63) is 48.6 Å². The first-order valence-corrected chi connectivity index (χ1v) is 22.1. The molecule has 0 aliphatic carbocycles. The van der Waals surface area contributed by atoms with E-state index in [1.54, 1.807) is 0 Å². The highest BCUT2D eigenvalue weighted by atomic mass is 16.6. The molecule has 0 saturated heterocycles. The van der Waals surface area contributed by atoms with Crippen molar-refractivity contribution in [1.82, 2.24) is 0 Å². The Bertz CT molecular complexity index is 949. The number of esters is 3. The summed E-state index contributed by atoms with van der Waals surface area (Å²) in [5.41, 5.74) is 0. The first-order valence-electron chi connectivity index (χ1n) is 22.1. The van der Waals surface area contributed by atoms with Gasteiger partial charge in [-0.3, -0.25) is 14.4 Å². The van der Waals surface area contributed by atoms with E-state index in [1.165, 1.54) is 77.0 Å². The maximum absolute atomic E-state index is 12.6. The molecule has 1 unspecified atom stereocenters. The molecule has 1 atom stereocenters. The van der Waals surface area contributed by atoms with Gasteiger partial charge in [-0.2, -0.15) is 0 Å². The minimum Gasteiger partial charge on any atom is -0.462 e. The molecule has 6 heteroatoms. The molecule has 306 valence electrons. The summed E-state index contributed by atoms with van der Waals surface area (Å²) in [6.07, 6.45) is 48.4. The van der Waals surface area contributed by atoms with Crippen LogP contribution >= 0.6 is 0 Å². The zero-order valence-electron chi connectivity index (χ0n) is 34.8. The van der Waals surface area contributed by atoms with E-state index in [9.17, 15) is 14.4 Å². The van der Waals surface area contributed by atoms with Crippen LogP contribution in [-0.4, -0.2) is 37.2 Å². The van der Waals surface area contributed by atoms with Gasteiger partial charge in [0.05, 0.1) is 0 Å². The first-order chi connectivity index (χ1) is 26.0. The van der Waals surface area contributed by atoms with E-state index >= 15 is 0 Å². The summed E-state index contributed by atoms with van der Waals surface area (Å²) in [6.45, 7) is 6.40. The second-order valence-electron chi connectivity index (χ2n) is 14.6. The Morgan fingerprint density at radius 2 is 0.736 bits per heavy atom. The van der Waals surface area contributed by atoms with Crippen LogP contribution in [0.15, 0.2) is 48.6 Å². The fourth-order valence-electron chi connectivity index (χ4n) is 6.02. The van der Waals surface area contributed by atoms with E-state index in [1.807, 2.05) is 0 Å². The van der Waals surface area contributed by atoms with Gasteiger partial charge in [0.2, 0.25) is 0 Å². The van der Waals surface area contributed by atoms with E-state index in [-0.39, 0.29) is 31.1 Å². The molecule has 0 aromatic carbocycles. The van der Waals surface area contributed by atoms with Gasteiger partial charge in [-0.25, -0.2) is 0 Å². The summed E-state index contributed by atoms with van der Waals surface area (Å²) in [5, 5.41) is 0. The van der Waals surface area contributed by atoms with Crippen LogP contribution in [-0.2, 0) is 28.6 Å². The molecule has 0 spiro atoms. The number of allylic oxidation sites excluding steroid dienone is 8. The summed E-state index contributed by atoms with van der Waals surface area (Å²) in [6, 6.07) is 0. The highest BCUT2D eigenvalue weighted by Crippen LogP contribution is 2.14. The van der Waals surface area contributed by atoms with Crippen LogP contribution in [0, 0.1) is 0 Å². The van der Waals surface area contributed by atoms with Crippen molar-refractivity contribution >= 4 is 17.9 Å². The molecular formula is C47H82O6. The lowest BCUT2D eigenvalue weighted by atomic mass is 10.1. The fraction of sp³-hybridized carbons (Fsp3) is 0.766. The summed E-state index contributed by atoms with van der Waals surface area (Å²) in [4.78, 5) is 37.3. The van der Waals surface area contributed by atoms with Crippen molar-refractivity contribution in [2.75, 3.05) is 13.2 Å². The Balaban J connectivity index is 4.14. The molecule has 0 rings (SSSR count). The van der Waals surface area contributed by atoms with Gasteiger partial charge in [0.1, 0.15) is 13.2 Å². The zero-order chi connectivity index (χ0) is 38.7. The predicted octanol–water partition coefficient (Wildman–Crippen LogP) is 14.0. The third-order valence-corrected chi connectivity index (χ3v) is 9.35. The minimum atomic E-state index is -0.767. The van der Waals surface area contributed by atoms with Crippen molar-refractivity contribution in [1.29, 1.82) is 0 Å². The van der Waals surface area contributed by atoms with E-state index in [0.29, 0.717) is 19.3 Å². The van der Waals surface area contributed by atoms with Gasteiger partial charge >= 0.3 is 17.9 Å². The van der Waals surface area contributed by atoms with Crippen molar-refractivity contribution in [2.45, 2.75) is 219 Å². The van der Waals surface area contributed by atoms with Crippen LogP contribution < -0.4 is 0 Å². The first kappa shape index (κ1) is 50.4. The molecule has 0 saturated carbocycles. The lowest BCUT2D eigenvalue weighted by molar-refractivity contribution is -0.167. The van der Waals surface area contributed by atoms with Gasteiger partial charge in [-0.05, 0) is 57.8 Å². The van der Waals surface area contributed by atoms with Gasteiger partial charge in [0.25, 0.3) is 0 Å². The third-order valence-electron chi connectivity index (χ3n) is 9.35. The molecular weight excluding hydrogens is 661 g/mol. The van der Waals surface area contributed by atoms with Gasteiger partial charge in [0, 0.05) is 19.3 Å². The van der Waals surface area contributed by atoms with E-state index < -0.39 is 6.10 Å². The van der Waals surface area contributed by atoms with E-state index in [4.69, 9.17) is 14.2 Å². The number of hydrogen-bond donors (Lipinski definition) is 0. The van der Waals surface area contributed by atoms with Gasteiger partial charge in [-0.15, -0.1) is 0 Å². The Labute approximate surface area is 327 Å². The molecule has 6 nitrogen and oxygen atoms in total. The number of carbonyl (C=O) groups excluding carboxylic acids is 3. The zero-order valence-corrected chi connectivity index (χ0v) is 34.8. The quantitative estimate of drug-likeness (QED) is 0.0270. The number of hydrogen-bond acceptors (Lipinski definition) is 6. The summed E-state index contributed by atoms with van der Waals surface area (Å²) in [7, 11) is 0. The van der Waals surface area contributed by atoms with Crippen LogP contribution in [0.2, 0.25) is 0 Å². The highest BCUT2D eigenvalue weighted by Gasteiger charge is 2.19. The Kier molecular flexibility index (Phi) is 40.0. The maximum atomic E-state index is 12.6. The largest absolute Gasteiger partial charge is 0.462 e. The van der Waals surface area contributed by atoms with Crippen LogP contribution in [0.4, 0.5) is 0 Å². The molecule has 53 heavy (non-hydrogen) atoms. The van der Waals surface area contributed by atoms with Crippen molar-refractivity contribution < 1.29 is 28.6 Å². The lowest BCUT2D eigenvalue weighted by Gasteiger charge is -2.18. The van der Waals surface area contributed by atoms with Gasteiger partial charge < -0.3 is 14.2 Å². The van der Waals surface area contributed by atoms with Crippen molar-refractivity contribution in [2.24, 2.45) is 0 Å². The molecule has 0 N–H and O–H groups in total. The number of unbranched alkanes of at least 4 members (excludes halogenated alkanes) is 20. The molecule has 0 heterocycles. The van der Waals surface area contributed by atoms with E-state index in [0.717, 1.165) is 96.3 Å². The average Bonchev–Trinajstić information content (AvgIpc) is 3.15. The molecule has 0 bridgehead atoms. The summed E-state index contributed by atoms with van der Waals surface area (Å²) < 4.78 is 16.5. The van der Waals surface area contributed by atoms with E-state index in [2.05, 4.69) is 69.4 Å². The number of rotatable bonds is 39. The molecule has 0 aliphatic heterocycles. The number of ether oxygens (including phenoxy) is 3. The Hall–Kier alpha value is -2.63. The minimum absolute atomic E-state index is 0.0754. The third kappa shape index (κ3) is 40.4. The predicted molar refractivity (Wildman–Crippen MR) is 224 cm³/mol. The number of carbonyl (C=O) groups is 3. The molecule has 0 radical (unpaired) electrons. The van der Waals surface area contributed by atoms with Crippen molar-refractivity contribution in [3.8, 4) is 0 Å². The highest BCUT2D eigenvalue weighted by molar-refractivity contribution is 5.71. The Morgan fingerprint density at radius 1 is 0.396 bits per heavy atom. The molecule has 0 aliphatic rings. The standard InChI is InChI=1S/C47H82O6/c1-4-7-10-13-15-17-18-19-20-21-22-23-24-25-26-27-28-30-31-34-37-40-46(49)52-43-44(42-51-45(48)39-36-33-12-9-6-3)53-47(50)41-38-35-32-29-16-14-11-8-5-2/h7,10,15,17,19-20,22-23,44H,4-6,8-9,11-14,16,18,21,24-43H2,1-3H3/b10-7-,17-15-,20-19-,23-22-. The second kappa shape index (κ2) is 42.1. The lowest BCUT2D eigenvalue weighted by Crippen LogP contribution is -2.30. The van der Waals surface area contributed by atoms with Gasteiger partial charge in [0.15, 0.2) is 6.10 Å². The SMILES string of the molecule is CC/C=C\C/C=C\C/C=C\C/C=C\CCCCCCCCCCC(=O)OCC(COC(=O)CCCCCCC)OC(=O)CCCCCCCCCCC. The molecule has 0 amide bonds. The average molecular weight is 743 g/mol. The van der Waals surface area contributed by atoms with Crippen LogP contribution in [0.1, 0.15) is 213 Å². The van der Waals surface area contributed by atoms with Crippen molar-refractivity contribution in [3.63, 3.8) is 0 Å². The summed E-state index contributed by atoms with van der Waals surface area (Å²) in [5.74, 6) is -0.902. The maximum Gasteiger partial charge on any atom is 0.306 e. The fourth-order valence-corrected chi connectivity index (χ4v) is 6.02. The molecule has 0 aromatic heterocycles. The van der Waals surface area contributed by atoms with Crippen LogP contribution in [0.25, 0.3) is 0 Å². The molecule has 0 aromatic rings. The normalized spacial score (nSPS) is 12.4. The topological polar surface area (TPSA) is 78.9 Å². The van der Waals surface area contributed by atoms with Crippen LogP contribution in [0.3, 0.4) is 0 Å². The monoisotopic (exact) mass is 743 g/mol. The van der Waals surface area contributed by atoms with Crippen LogP contribution in [0.5, 0.6) is 0 Å².